The van der Waals surface area contributed by atoms with Crippen LogP contribution in [0.25, 0.3) is 0 Å². The third kappa shape index (κ3) is 7.22. The zero-order chi connectivity index (χ0) is 27.8. The Kier molecular flexibility index (Phi) is 10.4. The summed E-state index contributed by atoms with van der Waals surface area (Å²) in [6.07, 6.45) is 6.43. The van der Waals surface area contributed by atoms with Crippen molar-refractivity contribution in [2.24, 2.45) is 11.7 Å². The van der Waals surface area contributed by atoms with Crippen molar-refractivity contribution in [1.29, 1.82) is 0 Å². The largest absolute Gasteiger partial charge is 0.481 e. The fourth-order valence-corrected chi connectivity index (χ4v) is 6.20. The van der Waals surface area contributed by atoms with Crippen LogP contribution in [-0.4, -0.2) is 96.2 Å². The molecule has 3 unspecified atom stereocenters. The zero-order valence-corrected chi connectivity index (χ0v) is 23.2. The van der Waals surface area contributed by atoms with E-state index in [4.69, 9.17) is 15.2 Å². The summed E-state index contributed by atoms with van der Waals surface area (Å²) in [5.41, 5.74) is 6.56. The number of aliphatic carboxylic acids is 1. The Morgan fingerprint density at radius 3 is 2.64 bits per heavy atom. The van der Waals surface area contributed by atoms with E-state index in [1.54, 1.807) is 0 Å². The first-order valence-electron chi connectivity index (χ1n) is 14.5. The number of fused-ring (bicyclic) bond motifs is 1. The number of ether oxygens (including phenoxy) is 2. The highest BCUT2D eigenvalue weighted by molar-refractivity contribution is 5.79. The Hall–Kier alpha value is -2.85. The van der Waals surface area contributed by atoms with Crippen molar-refractivity contribution in [1.82, 2.24) is 14.7 Å². The number of amides is 2. The number of hydrogen-bond donors (Lipinski definition) is 2. The fourth-order valence-electron chi connectivity index (χ4n) is 6.20. The number of nitrogens with zero attached hydrogens (tertiary/aromatic N) is 3. The molecular weight excluding hydrogens is 500 g/mol. The average Bonchev–Trinajstić information content (AvgIpc) is 3.64. The predicted octanol–water partition coefficient (Wildman–Crippen LogP) is 2.65. The molecule has 10 heteroatoms. The Balaban J connectivity index is 1.53. The van der Waals surface area contributed by atoms with Gasteiger partial charge in [-0.15, -0.1) is 0 Å². The normalized spacial score (nSPS) is 22.6. The average molecular weight is 545 g/mol. The first-order chi connectivity index (χ1) is 18.9. The van der Waals surface area contributed by atoms with Crippen LogP contribution in [0, 0.1) is 5.92 Å². The van der Waals surface area contributed by atoms with Crippen LogP contribution in [0.1, 0.15) is 69.8 Å². The van der Waals surface area contributed by atoms with E-state index in [1.165, 1.54) is 0 Å². The third-order valence-corrected chi connectivity index (χ3v) is 8.31. The summed E-state index contributed by atoms with van der Waals surface area (Å²) in [6, 6.07) is 5.33. The van der Waals surface area contributed by atoms with Crippen molar-refractivity contribution in [2.45, 2.75) is 70.3 Å². The van der Waals surface area contributed by atoms with Gasteiger partial charge in [-0.25, -0.2) is 0 Å². The van der Waals surface area contributed by atoms with E-state index >= 15 is 0 Å². The van der Waals surface area contributed by atoms with Gasteiger partial charge in [0.05, 0.1) is 12.5 Å². The monoisotopic (exact) mass is 544 g/mol. The van der Waals surface area contributed by atoms with Crippen LogP contribution < -0.4 is 15.2 Å². The molecular formula is C29H44N4O6. The molecule has 3 N–H and O–H groups in total. The summed E-state index contributed by atoms with van der Waals surface area (Å²) in [7, 11) is 0. The minimum Gasteiger partial charge on any atom is -0.481 e. The second-order valence-electron chi connectivity index (χ2n) is 10.9. The summed E-state index contributed by atoms with van der Waals surface area (Å²) >= 11 is 0. The number of likely N-dealkylation sites (tertiary alicyclic amines) is 2. The molecule has 0 radical (unpaired) electrons. The second-order valence-corrected chi connectivity index (χ2v) is 10.9. The van der Waals surface area contributed by atoms with Gasteiger partial charge in [0.1, 0.15) is 0 Å². The molecule has 0 bridgehead atoms. The van der Waals surface area contributed by atoms with Gasteiger partial charge in [-0.3, -0.25) is 19.3 Å². The molecule has 0 aromatic heterocycles. The SMILES string of the molecule is CCCCN(CCCCN)C(=O)CN1CC(c2ccc3c(c2)OCO3)C(C(=O)O)C1CCCN1CCCC1=O. The van der Waals surface area contributed by atoms with E-state index in [1.807, 2.05) is 28.0 Å². The first-order valence-corrected chi connectivity index (χ1v) is 14.5. The Morgan fingerprint density at radius 2 is 1.92 bits per heavy atom. The minimum atomic E-state index is -0.861. The van der Waals surface area contributed by atoms with E-state index in [9.17, 15) is 19.5 Å². The predicted molar refractivity (Wildman–Crippen MR) is 147 cm³/mol. The van der Waals surface area contributed by atoms with E-state index in [-0.39, 0.29) is 37.1 Å². The van der Waals surface area contributed by atoms with Crippen LogP contribution in [0.3, 0.4) is 0 Å². The molecule has 0 spiro atoms. The van der Waals surface area contributed by atoms with E-state index in [0.717, 1.165) is 44.2 Å². The van der Waals surface area contributed by atoms with Gasteiger partial charge in [-0.2, -0.15) is 0 Å². The van der Waals surface area contributed by atoms with Gasteiger partial charge in [0.2, 0.25) is 18.6 Å². The molecule has 2 fully saturated rings. The molecule has 39 heavy (non-hydrogen) atoms. The lowest BCUT2D eigenvalue weighted by molar-refractivity contribution is -0.144. The van der Waals surface area contributed by atoms with Crippen LogP contribution in [0.15, 0.2) is 18.2 Å². The number of carboxylic acids is 1. The maximum Gasteiger partial charge on any atom is 0.308 e. The second kappa shape index (κ2) is 14.0. The van der Waals surface area contributed by atoms with E-state index in [2.05, 4.69) is 11.8 Å². The van der Waals surface area contributed by atoms with Gasteiger partial charge >= 0.3 is 5.97 Å². The number of hydrogen-bond acceptors (Lipinski definition) is 7. The van der Waals surface area contributed by atoms with Gasteiger partial charge in [0.15, 0.2) is 11.5 Å². The van der Waals surface area contributed by atoms with Crippen LogP contribution >= 0.6 is 0 Å². The highest BCUT2D eigenvalue weighted by atomic mass is 16.7. The summed E-state index contributed by atoms with van der Waals surface area (Å²) in [4.78, 5) is 44.3. The molecule has 1 aromatic rings. The Labute approximate surface area is 231 Å². The van der Waals surface area contributed by atoms with Gasteiger partial charge in [-0.05, 0) is 62.8 Å². The fraction of sp³-hybridized carbons (Fsp3) is 0.690. The lowest BCUT2D eigenvalue weighted by atomic mass is 9.83. The molecule has 3 aliphatic rings. The molecule has 3 atom stereocenters. The molecule has 10 nitrogen and oxygen atoms in total. The number of carboxylic acid groups (broad SMARTS) is 1. The smallest absolute Gasteiger partial charge is 0.308 e. The van der Waals surface area contributed by atoms with Crippen molar-refractivity contribution in [3.63, 3.8) is 0 Å². The van der Waals surface area contributed by atoms with Gasteiger partial charge in [0.25, 0.3) is 0 Å². The minimum absolute atomic E-state index is 0.0377. The number of benzene rings is 1. The zero-order valence-electron chi connectivity index (χ0n) is 23.2. The third-order valence-electron chi connectivity index (χ3n) is 8.31. The van der Waals surface area contributed by atoms with E-state index < -0.39 is 11.9 Å². The summed E-state index contributed by atoms with van der Waals surface area (Å²) in [5, 5.41) is 10.4. The molecule has 3 aliphatic heterocycles. The van der Waals surface area contributed by atoms with Crippen LogP contribution in [0.5, 0.6) is 11.5 Å². The van der Waals surface area contributed by atoms with Crippen molar-refractivity contribution >= 4 is 17.8 Å². The molecule has 0 saturated carbocycles. The maximum atomic E-state index is 13.6. The topological polar surface area (TPSA) is 126 Å². The number of unbranched alkanes of at least 4 members (excludes halogenated alkanes) is 2. The quantitative estimate of drug-likeness (QED) is 0.323. The molecule has 4 rings (SSSR count). The number of nitrogens with two attached hydrogens (primary N) is 1. The number of carbonyl (C=O) groups is 3. The summed E-state index contributed by atoms with van der Waals surface area (Å²) in [5.74, 6) is -0.326. The molecule has 2 amide bonds. The summed E-state index contributed by atoms with van der Waals surface area (Å²) < 4.78 is 11.0. The van der Waals surface area contributed by atoms with Crippen molar-refractivity contribution < 1.29 is 29.0 Å². The number of carbonyl (C=O) groups excluding carboxylic acids is 2. The number of rotatable bonds is 15. The van der Waals surface area contributed by atoms with Crippen molar-refractivity contribution in [3.05, 3.63) is 23.8 Å². The van der Waals surface area contributed by atoms with Gasteiger partial charge in [0, 0.05) is 51.1 Å². The molecule has 216 valence electrons. The lowest BCUT2D eigenvalue weighted by Gasteiger charge is -2.30. The maximum absolute atomic E-state index is 13.6. The molecule has 1 aromatic carbocycles. The van der Waals surface area contributed by atoms with Crippen molar-refractivity contribution in [2.75, 3.05) is 52.6 Å². The first kappa shape index (κ1) is 29.1. The van der Waals surface area contributed by atoms with E-state index in [0.29, 0.717) is 63.5 Å². The molecule has 0 aliphatic carbocycles. The molecule has 2 saturated heterocycles. The van der Waals surface area contributed by atoms with Crippen LogP contribution in [0.4, 0.5) is 0 Å². The van der Waals surface area contributed by atoms with Crippen molar-refractivity contribution in [3.8, 4) is 11.5 Å². The highest BCUT2D eigenvalue weighted by Gasteiger charge is 2.47. The Bertz CT molecular complexity index is 1000. The standard InChI is InChI=1S/C29H44N4O6/c1-2-3-13-32(14-5-4-12-30)27(35)19-33-18-22(21-10-11-24-25(17-21)39-20-38-24)28(29(36)37)23(33)8-6-15-31-16-7-9-26(31)34/h10-11,17,22-23,28H,2-9,12-16,18-20,30H2,1H3,(H,36,37). The summed E-state index contributed by atoms with van der Waals surface area (Å²) in [6.45, 7) is 6.27. The highest BCUT2D eigenvalue weighted by Crippen LogP contribution is 2.43. The van der Waals surface area contributed by atoms with Gasteiger partial charge in [-0.1, -0.05) is 19.4 Å². The van der Waals surface area contributed by atoms with Crippen LogP contribution in [0.2, 0.25) is 0 Å². The Morgan fingerprint density at radius 1 is 1.13 bits per heavy atom. The van der Waals surface area contributed by atoms with Crippen LogP contribution in [-0.2, 0) is 14.4 Å². The lowest BCUT2D eigenvalue weighted by Crippen LogP contribution is -2.45. The molecule has 3 heterocycles. The van der Waals surface area contributed by atoms with Gasteiger partial charge < -0.3 is 30.1 Å².